The van der Waals surface area contributed by atoms with Crippen molar-refractivity contribution in [2.75, 3.05) is 6.54 Å². The summed E-state index contributed by atoms with van der Waals surface area (Å²) in [6.45, 7) is 9.75. The highest BCUT2D eigenvalue weighted by Gasteiger charge is 2.53. The van der Waals surface area contributed by atoms with Gasteiger partial charge in [-0.05, 0) is 59.2 Å². The number of benzene rings is 1. The Kier molecular flexibility index (Phi) is 6.48. The van der Waals surface area contributed by atoms with Crippen molar-refractivity contribution in [3.63, 3.8) is 0 Å². The van der Waals surface area contributed by atoms with Gasteiger partial charge in [-0.1, -0.05) is 12.1 Å². The van der Waals surface area contributed by atoms with Crippen LogP contribution in [0.4, 0.5) is 0 Å². The normalized spacial score (nSPS) is 12.2. The molecule has 0 aromatic heterocycles. The van der Waals surface area contributed by atoms with Crippen molar-refractivity contribution in [3.05, 3.63) is 29.8 Å². The zero-order valence-electron chi connectivity index (χ0n) is 16.7. The predicted molar refractivity (Wildman–Crippen MR) is 101 cm³/mol. The third-order valence-corrected chi connectivity index (χ3v) is 3.40. The molecule has 0 unspecified atom stereocenters. The summed E-state index contributed by atoms with van der Waals surface area (Å²) in [7, 11) is 0. The number of carbonyl (C=O) groups is 2. The fourth-order valence-corrected chi connectivity index (χ4v) is 2.27. The van der Waals surface area contributed by atoms with Gasteiger partial charge in [0.15, 0.2) is 5.96 Å². The van der Waals surface area contributed by atoms with Gasteiger partial charge in [0, 0.05) is 6.54 Å². The number of nitrogens with two attached hydrogens (primary N) is 1. The molecule has 0 saturated carbocycles. The van der Waals surface area contributed by atoms with Gasteiger partial charge in [0.25, 0.3) is 0 Å². The summed E-state index contributed by atoms with van der Waals surface area (Å²) in [5.74, 6) is -2.13. The summed E-state index contributed by atoms with van der Waals surface area (Å²) in [5.41, 5.74) is 1.99. The second-order valence-corrected chi connectivity index (χ2v) is 8.22. The lowest BCUT2D eigenvalue weighted by Crippen LogP contribution is -2.56. The second kappa shape index (κ2) is 7.85. The van der Waals surface area contributed by atoms with Gasteiger partial charge >= 0.3 is 11.9 Å². The minimum Gasteiger partial charge on any atom is -0.508 e. The van der Waals surface area contributed by atoms with E-state index in [2.05, 4.69) is 5.32 Å². The van der Waals surface area contributed by atoms with E-state index in [-0.39, 0.29) is 17.9 Å². The van der Waals surface area contributed by atoms with E-state index in [4.69, 9.17) is 20.6 Å². The van der Waals surface area contributed by atoms with E-state index in [0.717, 1.165) is 0 Å². The maximum atomic E-state index is 13.2. The van der Waals surface area contributed by atoms with Crippen LogP contribution in [0, 0.1) is 5.41 Å². The number of phenols is 1. The molecular formula is C19H29N3O5. The Hall–Kier alpha value is -2.77. The van der Waals surface area contributed by atoms with Gasteiger partial charge < -0.3 is 25.6 Å². The molecule has 8 heteroatoms. The van der Waals surface area contributed by atoms with Crippen LogP contribution in [0.2, 0.25) is 0 Å². The monoisotopic (exact) mass is 379 g/mol. The number of nitrogens with one attached hydrogen (secondary N) is 2. The summed E-state index contributed by atoms with van der Waals surface area (Å²) in [5, 5.41) is 19.6. The largest absolute Gasteiger partial charge is 0.508 e. The molecule has 27 heavy (non-hydrogen) atoms. The van der Waals surface area contributed by atoms with Crippen molar-refractivity contribution < 1.29 is 24.2 Å². The van der Waals surface area contributed by atoms with Crippen LogP contribution in [0.25, 0.3) is 0 Å². The van der Waals surface area contributed by atoms with Crippen LogP contribution < -0.4 is 11.1 Å². The van der Waals surface area contributed by atoms with E-state index in [1.165, 1.54) is 24.3 Å². The molecule has 0 bridgehead atoms. The molecule has 0 saturated heterocycles. The molecule has 0 amide bonds. The van der Waals surface area contributed by atoms with Crippen molar-refractivity contribution in [1.82, 2.24) is 5.32 Å². The van der Waals surface area contributed by atoms with Crippen LogP contribution in [-0.4, -0.2) is 40.8 Å². The molecular weight excluding hydrogens is 350 g/mol. The summed E-state index contributed by atoms with van der Waals surface area (Å²) in [6.07, 6.45) is 0. The van der Waals surface area contributed by atoms with Crippen LogP contribution in [0.15, 0.2) is 24.3 Å². The van der Waals surface area contributed by atoms with E-state index >= 15 is 0 Å². The molecule has 1 aromatic rings. The smallest absolute Gasteiger partial charge is 0.330 e. The number of aromatic hydroxyl groups is 1. The summed E-state index contributed by atoms with van der Waals surface area (Å²) in [4.78, 5) is 26.3. The molecule has 0 heterocycles. The minimum atomic E-state index is -1.92. The van der Waals surface area contributed by atoms with Crippen molar-refractivity contribution in [2.24, 2.45) is 5.73 Å². The van der Waals surface area contributed by atoms with E-state index in [0.29, 0.717) is 0 Å². The molecule has 150 valence electrons. The van der Waals surface area contributed by atoms with Gasteiger partial charge in [-0.15, -0.1) is 0 Å². The van der Waals surface area contributed by atoms with Gasteiger partial charge in [0.2, 0.25) is 5.41 Å². The van der Waals surface area contributed by atoms with Crippen molar-refractivity contribution in [3.8, 4) is 5.75 Å². The van der Waals surface area contributed by atoms with Crippen LogP contribution in [-0.2, 0) is 24.5 Å². The van der Waals surface area contributed by atoms with Crippen LogP contribution in [0.1, 0.15) is 47.1 Å². The Morgan fingerprint density at radius 3 is 1.74 bits per heavy atom. The summed E-state index contributed by atoms with van der Waals surface area (Å²) < 4.78 is 11.0. The van der Waals surface area contributed by atoms with Gasteiger partial charge in [0.05, 0.1) is 0 Å². The minimum absolute atomic E-state index is 0.0273. The number of rotatable bonds is 5. The highest BCUT2D eigenvalue weighted by Crippen LogP contribution is 2.32. The third-order valence-electron chi connectivity index (χ3n) is 3.40. The fraction of sp³-hybridized carbons (Fsp3) is 0.526. The van der Waals surface area contributed by atoms with Crippen molar-refractivity contribution in [2.45, 2.75) is 58.2 Å². The molecule has 0 aliphatic carbocycles. The predicted octanol–water partition coefficient (Wildman–Crippen LogP) is 1.80. The second-order valence-electron chi connectivity index (χ2n) is 8.22. The van der Waals surface area contributed by atoms with Gasteiger partial charge in [0.1, 0.15) is 17.0 Å². The first-order valence-corrected chi connectivity index (χ1v) is 8.52. The highest BCUT2D eigenvalue weighted by molar-refractivity contribution is 6.07. The Morgan fingerprint density at radius 2 is 1.41 bits per heavy atom. The van der Waals surface area contributed by atoms with Gasteiger partial charge in [-0.3, -0.25) is 15.0 Å². The topological polar surface area (TPSA) is 135 Å². The number of ether oxygens (including phenoxy) is 2. The third kappa shape index (κ3) is 6.16. The lowest BCUT2D eigenvalue weighted by molar-refractivity contribution is -0.177. The van der Waals surface area contributed by atoms with Crippen LogP contribution >= 0.6 is 0 Å². The molecule has 0 spiro atoms. The quantitative estimate of drug-likeness (QED) is 0.265. The SMILES string of the molecule is CC(C)(C)OC(=O)C(CNC(=N)N)(C(=O)OC(C)(C)C)c1ccc(O)cc1. The number of carbonyl (C=O) groups excluding carboxylic acids is 2. The first kappa shape index (κ1) is 22.3. The van der Waals surface area contributed by atoms with E-state index in [1.807, 2.05) is 0 Å². The molecule has 1 rings (SSSR count). The van der Waals surface area contributed by atoms with Gasteiger partial charge in [-0.25, -0.2) is 0 Å². The van der Waals surface area contributed by atoms with E-state index in [9.17, 15) is 14.7 Å². The number of guanidine groups is 1. The highest BCUT2D eigenvalue weighted by atomic mass is 16.6. The molecule has 0 radical (unpaired) electrons. The zero-order valence-corrected chi connectivity index (χ0v) is 16.7. The first-order valence-electron chi connectivity index (χ1n) is 8.52. The zero-order chi connectivity index (χ0) is 21.0. The van der Waals surface area contributed by atoms with Crippen LogP contribution in [0.3, 0.4) is 0 Å². The summed E-state index contributed by atoms with van der Waals surface area (Å²) >= 11 is 0. The Balaban J connectivity index is 3.59. The number of phenolic OH excluding ortho intramolecular Hbond substituents is 1. The Morgan fingerprint density at radius 1 is 1.00 bits per heavy atom. The number of hydrogen-bond donors (Lipinski definition) is 4. The number of hydrogen-bond acceptors (Lipinski definition) is 6. The average molecular weight is 379 g/mol. The number of esters is 2. The Labute approximate surface area is 159 Å². The van der Waals surface area contributed by atoms with E-state index in [1.54, 1.807) is 41.5 Å². The van der Waals surface area contributed by atoms with Crippen molar-refractivity contribution >= 4 is 17.9 Å². The van der Waals surface area contributed by atoms with Gasteiger partial charge in [-0.2, -0.15) is 0 Å². The molecule has 0 aliphatic heterocycles. The van der Waals surface area contributed by atoms with E-state index < -0.39 is 34.5 Å². The molecule has 5 N–H and O–H groups in total. The van der Waals surface area contributed by atoms with Crippen molar-refractivity contribution in [1.29, 1.82) is 5.41 Å². The van der Waals surface area contributed by atoms with Crippen LogP contribution in [0.5, 0.6) is 5.75 Å². The maximum Gasteiger partial charge on any atom is 0.330 e. The first-order chi connectivity index (χ1) is 12.2. The average Bonchev–Trinajstić information content (AvgIpc) is 2.45. The standard InChI is InChI=1S/C19H29N3O5/c1-17(2,3)26-14(24)19(11-22-16(20)21,15(25)27-18(4,5)6)12-7-9-13(23)10-8-12/h7-10,23H,11H2,1-6H3,(H4,20,21,22). The molecule has 8 nitrogen and oxygen atoms in total. The lowest BCUT2D eigenvalue weighted by atomic mass is 9.79. The lowest BCUT2D eigenvalue weighted by Gasteiger charge is -2.35. The fourth-order valence-electron chi connectivity index (χ4n) is 2.27. The maximum absolute atomic E-state index is 13.2. The Bertz CT molecular complexity index is 672. The summed E-state index contributed by atoms with van der Waals surface area (Å²) in [6, 6.07) is 5.58. The molecule has 0 atom stereocenters. The molecule has 1 aromatic carbocycles. The molecule has 0 fully saturated rings. The molecule has 0 aliphatic rings.